The molecule has 112 heavy (non-hydrogen) atoms. The number of ketones is 3. The molecule has 0 aliphatic heterocycles. The van der Waals surface area contributed by atoms with Crippen molar-refractivity contribution in [2.75, 3.05) is 40.7 Å². The van der Waals surface area contributed by atoms with Crippen LogP contribution in [-0.4, -0.2) is 144 Å². The number of hydrogen-bond acceptors (Lipinski definition) is 17. The van der Waals surface area contributed by atoms with Crippen molar-refractivity contribution in [1.29, 1.82) is 0 Å². The number of Topliss-reactive ketones (excluding diaryl/α,β-unsaturated/α-hetero) is 3. The number of halogens is 10. The third-order valence-electron chi connectivity index (χ3n) is 18.1. The number of nitrogens with one attached hydrogen (secondary N) is 1. The molecule has 0 bridgehead atoms. The van der Waals surface area contributed by atoms with Gasteiger partial charge in [-0.1, -0.05) is 13.8 Å². The van der Waals surface area contributed by atoms with E-state index in [1.54, 1.807) is 65.8 Å². The molecule has 0 spiro atoms. The highest BCUT2D eigenvalue weighted by Crippen LogP contribution is 2.34. The van der Waals surface area contributed by atoms with E-state index >= 15 is 0 Å². The van der Waals surface area contributed by atoms with E-state index in [2.05, 4.69) is 78.0 Å². The first kappa shape index (κ1) is 85.0. The predicted molar refractivity (Wildman–Crippen MR) is 409 cm³/mol. The molecule has 22 nitrogen and oxygen atoms in total. The smallest absolute Gasteiger partial charge is 0.422 e. The van der Waals surface area contributed by atoms with Crippen LogP contribution in [0.15, 0.2) is 115 Å². The monoisotopic (exact) mass is 1620 g/mol. The second kappa shape index (κ2) is 38.3. The SMILES string of the molecule is CCCNC(=O)c1cn(Cc2nccc(OCC(F)(F)F)c2C)c2cc(C)cnc12.CCc1ncnc(Cn2cc(C(=O)CCCF)c3ncc(Br)cc32)c1C.COc1ncc(C(C)(F)F)cc1Cn1cc(C(=O)CC[C@H](C)F)c2ncc(C)cc21.COc1ncnc(Cn2cc(C(=O)CCCF)c3ncc(F)cc32)c1C. The lowest BCUT2D eigenvalue weighted by molar-refractivity contribution is -0.153. The van der Waals surface area contributed by atoms with E-state index < -0.39 is 44.0 Å². The van der Waals surface area contributed by atoms with E-state index in [1.165, 1.54) is 51.9 Å². The van der Waals surface area contributed by atoms with E-state index in [1.807, 2.05) is 62.0 Å². The summed E-state index contributed by atoms with van der Waals surface area (Å²) in [6.07, 6.45) is 15.3. The van der Waals surface area contributed by atoms with Gasteiger partial charge in [0.05, 0.1) is 144 Å². The molecule has 12 aromatic heterocycles. The van der Waals surface area contributed by atoms with Crippen molar-refractivity contribution in [3.63, 3.8) is 0 Å². The van der Waals surface area contributed by atoms with Crippen LogP contribution in [0.4, 0.5) is 39.5 Å². The fraction of sp³-hybridized carbons (Fsp3) is 0.375. The molecule has 12 heterocycles. The lowest BCUT2D eigenvalue weighted by atomic mass is 10.1. The van der Waals surface area contributed by atoms with E-state index in [0.717, 1.165) is 81.3 Å². The van der Waals surface area contributed by atoms with Crippen molar-refractivity contribution in [1.82, 2.24) is 73.4 Å². The minimum absolute atomic E-state index is 0.0642. The standard InChI is InChI=1S/C22H24F3N3O2.C21H23F3N4O2.C19H20BrFN4O.C18H18F2N4O2/c1-13-7-18-20(26-9-13)17(19(29)6-5-14(2)23)12-28(18)11-15-8-16(22(3,24)25)10-27-21(15)30-4;1-4-6-26-20(29)15-10-28(17-8-13(2)9-27-19(15)17)11-16-14(3)18(5-7-25-16)30-12-21(22,23)24;1-3-15-12(2)16(24-11-23-15)10-25-9-14(18(26)5-4-6-21)19-17(25)7-13(20)8-22-19;1-11-14(22-10-23-18(11)26-2)9-24-8-13(16(25)4-3-5-19)17-15(24)6-12(20)7-21-17/h7-10,12,14H,5-6,11H2,1-4H3;5,7-10H,4,6,11-12H2,1-3H3,(H,26,29);7-9,11H,3-6,10H2,1-2H3;6-8,10H,3-5,9H2,1-2H3/t14-;;;/m0.../s1. The Hall–Kier alpha value is -11.1. The summed E-state index contributed by atoms with van der Waals surface area (Å²) in [7, 11) is 2.94. The van der Waals surface area contributed by atoms with Gasteiger partial charge in [-0.3, -0.25) is 52.9 Å². The van der Waals surface area contributed by atoms with Gasteiger partial charge in [0.1, 0.15) is 29.7 Å². The molecular weight excluding hydrogens is 1530 g/mol. The first-order valence-electron chi connectivity index (χ1n) is 35.9. The Morgan fingerprint density at radius 1 is 0.554 bits per heavy atom. The Morgan fingerprint density at radius 2 is 1.04 bits per heavy atom. The highest BCUT2D eigenvalue weighted by molar-refractivity contribution is 9.10. The summed E-state index contributed by atoms with van der Waals surface area (Å²) >= 11 is 3.44. The normalized spacial score (nSPS) is 11.8. The van der Waals surface area contributed by atoms with Crippen molar-refractivity contribution in [3.8, 4) is 17.5 Å². The number of carbonyl (C=O) groups is 4. The van der Waals surface area contributed by atoms with Crippen LogP contribution in [-0.2, 0) is 38.5 Å². The van der Waals surface area contributed by atoms with Gasteiger partial charge in [-0.05, 0) is 137 Å². The van der Waals surface area contributed by atoms with Gasteiger partial charge in [0.15, 0.2) is 24.0 Å². The summed E-state index contributed by atoms with van der Waals surface area (Å²) in [4.78, 5) is 92.7. The van der Waals surface area contributed by atoms with Crippen molar-refractivity contribution in [2.24, 2.45) is 0 Å². The predicted octanol–water partition coefficient (Wildman–Crippen LogP) is 17.1. The minimum Gasteiger partial charge on any atom is -0.484 e. The number of fused-ring (bicyclic) bond motifs is 4. The Bertz CT molecular complexity index is 5190. The van der Waals surface area contributed by atoms with E-state index in [0.29, 0.717) is 103 Å². The summed E-state index contributed by atoms with van der Waals surface area (Å²) in [6, 6.07) is 9.81. The molecule has 0 aromatic carbocycles. The molecule has 0 saturated carbocycles. The first-order chi connectivity index (χ1) is 53.4. The number of nitrogens with zero attached hydrogens (tertiary/aromatic N) is 14. The van der Waals surface area contributed by atoms with Crippen LogP contribution in [0.1, 0.15) is 176 Å². The average Bonchev–Trinajstić information content (AvgIpc) is 1.65. The molecule has 0 aliphatic carbocycles. The number of aryl methyl sites for hydroxylation is 3. The molecular formula is C80H85BrF9N15O7. The average molecular weight is 1620 g/mol. The highest BCUT2D eigenvalue weighted by Gasteiger charge is 2.30. The van der Waals surface area contributed by atoms with Crippen LogP contribution in [0.2, 0.25) is 0 Å². The topological polar surface area (TPSA) is 257 Å². The summed E-state index contributed by atoms with van der Waals surface area (Å²) in [5.74, 6) is -3.48. The fourth-order valence-electron chi connectivity index (χ4n) is 12.3. The number of pyridine rings is 6. The maximum absolute atomic E-state index is 13.8. The molecule has 1 amide bonds. The molecule has 32 heteroatoms. The van der Waals surface area contributed by atoms with Gasteiger partial charge in [0.25, 0.3) is 11.8 Å². The quantitative estimate of drug-likeness (QED) is 0.0337. The van der Waals surface area contributed by atoms with Crippen molar-refractivity contribution >= 4 is 83.3 Å². The maximum atomic E-state index is 13.8. The Balaban J connectivity index is 0.000000172. The van der Waals surface area contributed by atoms with Crippen molar-refractivity contribution in [3.05, 3.63) is 205 Å². The summed E-state index contributed by atoms with van der Waals surface area (Å²) in [5, 5.41) is 2.85. The van der Waals surface area contributed by atoms with Crippen LogP contribution in [0, 0.1) is 40.4 Å². The summed E-state index contributed by atoms with van der Waals surface area (Å²) in [5.41, 5.74) is 14.1. The van der Waals surface area contributed by atoms with Gasteiger partial charge in [-0.25, -0.2) is 42.5 Å². The number of methoxy groups -OCH3 is 2. The van der Waals surface area contributed by atoms with Gasteiger partial charge in [0, 0.05) is 127 Å². The Kier molecular flexibility index (Phi) is 29.0. The van der Waals surface area contributed by atoms with Crippen LogP contribution in [0.25, 0.3) is 44.1 Å². The number of ether oxygens (including phenoxy) is 3. The van der Waals surface area contributed by atoms with Gasteiger partial charge in [-0.2, -0.15) is 13.2 Å². The van der Waals surface area contributed by atoms with Gasteiger partial charge < -0.3 is 37.8 Å². The second-order valence-corrected chi connectivity index (χ2v) is 27.6. The fourth-order valence-corrected chi connectivity index (χ4v) is 12.6. The largest absolute Gasteiger partial charge is 0.484 e. The second-order valence-electron chi connectivity index (χ2n) is 26.7. The third kappa shape index (κ3) is 21.3. The number of amides is 1. The van der Waals surface area contributed by atoms with Gasteiger partial charge in [-0.15, -0.1) is 0 Å². The number of hydrogen-bond donors (Lipinski definition) is 1. The van der Waals surface area contributed by atoms with E-state index in [4.69, 9.17) is 14.2 Å². The molecule has 0 aliphatic rings. The molecule has 0 fully saturated rings. The number of aromatic nitrogens is 14. The first-order valence-corrected chi connectivity index (χ1v) is 36.7. The van der Waals surface area contributed by atoms with Gasteiger partial charge >= 0.3 is 6.18 Å². The lowest BCUT2D eigenvalue weighted by Crippen LogP contribution is -2.23. The van der Waals surface area contributed by atoms with Crippen molar-refractivity contribution in [2.45, 2.75) is 158 Å². The molecule has 0 saturated heterocycles. The Morgan fingerprint density at radius 3 is 1.56 bits per heavy atom. The lowest BCUT2D eigenvalue weighted by Gasteiger charge is -2.15. The molecule has 1 N–H and O–H groups in total. The maximum Gasteiger partial charge on any atom is 0.422 e. The highest BCUT2D eigenvalue weighted by atomic mass is 79.9. The summed E-state index contributed by atoms with van der Waals surface area (Å²) < 4.78 is 140. The number of rotatable bonds is 29. The van der Waals surface area contributed by atoms with Crippen LogP contribution >= 0.6 is 15.9 Å². The molecule has 592 valence electrons. The van der Waals surface area contributed by atoms with E-state index in [-0.39, 0.29) is 92.1 Å². The molecule has 0 unspecified atom stereocenters. The Labute approximate surface area is 648 Å². The zero-order valence-corrected chi connectivity index (χ0v) is 65.3. The zero-order chi connectivity index (χ0) is 81.3. The third-order valence-corrected chi connectivity index (χ3v) is 18.6. The van der Waals surface area contributed by atoms with Gasteiger partial charge in [0.2, 0.25) is 11.8 Å². The van der Waals surface area contributed by atoms with Crippen LogP contribution in [0.3, 0.4) is 0 Å². The molecule has 1 atom stereocenters. The van der Waals surface area contributed by atoms with E-state index in [9.17, 15) is 58.7 Å². The summed E-state index contributed by atoms with van der Waals surface area (Å²) in [6.45, 7) is 14.9. The molecule has 0 radical (unpaired) electrons. The molecule has 12 rings (SSSR count). The number of alkyl halides is 8. The van der Waals surface area contributed by atoms with Crippen LogP contribution < -0.4 is 19.5 Å². The zero-order valence-electron chi connectivity index (χ0n) is 63.7. The van der Waals surface area contributed by atoms with Crippen LogP contribution in [0.5, 0.6) is 17.5 Å². The van der Waals surface area contributed by atoms with Crippen molar-refractivity contribution < 1.29 is 72.9 Å². The number of carbonyl (C=O) groups excluding carboxylic acids is 4. The molecule has 12 aromatic rings. The minimum atomic E-state index is -4.42.